The number of amides is 2. The summed E-state index contributed by atoms with van der Waals surface area (Å²) in [5.74, 6) is 0.527. The van der Waals surface area contributed by atoms with E-state index in [4.69, 9.17) is 9.15 Å². The van der Waals surface area contributed by atoms with E-state index in [0.717, 1.165) is 18.4 Å². The van der Waals surface area contributed by atoms with Crippen LogP contribution < -0.4 is 10.6 Å². The lowest BCUT2D eigenvalue weighted by atomic mass is 9.83. The minimum atomic E-state index is -0.177. The van der Waals surface area contributed by atoms with Gasteiger partial charge >= 0.3 is 0 Å². The van der Waals surface area contributed by atoms with Crippen molar-refractivity contribution in [1.29, 1.82) is 0 Å². The van der Waals surface area contributed by atoms with Crippen LogP contribution in [0.25, 0.3) is 11.3 Å². The third-order valence-corrected chi connectivity index (χ3v) is 5.19. The molecule has 1 saturated carbocycles. The number of carbonyl (C=O) groups excluding carboxylic acids is 2. The first-order valence-corrected chi connectivity index (χ1v) is 9.72. The molecule has 0 radical (unpaired) electrons. The van der Waals surface area contributed by atoms with Crippen molar-refractivity contribution in [1.82, 2.24) is 15.6 Å². The van der Waals surface area contributed by atoms with Gasteiger partial charge in [0, 0.05) is 30.7 Å². The van der Waals surface area contributed by atoms with Crippen molar-refractivity contribution < 1.29 is 18.7 Å². The molecule has 1 heterocycles. The Hall–Kier alpha value is -2.67. The summed E-state index contributed by atoms with van der Waals surface area (Å²) in [7, 11) is 1.63. The van der Waals surface area contributed by atoms with Crippen molar-refractivity contribution in [2.24, 2.45) is 5.92 Å². The van der Waals surface area contributed by atoms with Gasteiger partial charge in [-0.3, -0.25) is 9.59 Å². The molecule has 0 aliphatic heterocycles. The Morgan fingerprint density at radius 1 is 1.25 bits per heavy atom. The number of oxazole rings is 1. The van der Waals surface area contributed by atoms with Crippen molar-refractivity contribution in [3.8, 4) is 11.3 Å². The van der Waals surface area contributed by atoms with Gasteiger partial charge in [0.2, 0.25) is 5.91 Å². The van der Waals surface area contributed by atoms with Crippen molar-refractivity contribution in [3.63, 3.8) is 0 Å². The van der Waals surface area contributed by atoms with E-state index in [2.05, 4.69) is 15.6 Å². The smallest absolute Gasteiger partial charge is 0.251 e. The Kier molecular flexibility index (Phi) is 6.81. The molecule has 2 amide bonds. The molecule has 0 saturated heterocycles. The highest BCUT2D eigenvalue weighted by Crippen LogP contribution is 2.27. The number of aromatic nitrogens is 1. The SMILES string of the molecule is CCCNC(=O)[C@H]1CC[C@@H](NC(=O)c2ccc(-c3cnco3)cc2)[C@H](OC)C1. The monoisotopic (exact) mass is 385 g/mol. The van der Waals surface area contributed by atoms with E-state index < -0.39 is 0 Å². The molecule has 28 heavy (non-hydrogen) atoms. The lowest BCUT2D eigenvalue weighted by molar-refractivity contribution is -0.127. The fraction of sp³-hybridized carbons (Fsp3) is 0.476. The van der Waals surface area contributed by atoms with E-state index >= 15 is 0 Å². The average Bonchev–Trinajstić information content (AvgIpc) is 3.27. The fourth-order valence-electron chi connectivity index (χ4n) is 3.58. The van der Waals surface area contributed by atoms with Crippen LogP contribution in [0.5, 0.6) is 0 Å². The molecule has 0 unspecified atom stereocenters. The van der Waals surface area contributed by atoms with Crippen LogP contribution in [0.4, 0.5) is 0 Å². The number of nitrogens with zero attached hydrogens (tertiary/aromatic N) is 1. The molecular formula is C21H27N3O4. The molecule has 0 bridgehead atoms. The van der Waals surface area contributed by atoms with Gasteiger partial charge in [0.1, 0.15) is 0 Å². The molecule has 7 heteroatoms. The lowest BCUT2D eigenvalue weighted by Gasteiger charge is -2.35. The van der Waals surface area contributed by atoms with E-state index in [1.165, 1.54) is 6.39 Å². The Morgan fingerprint density at radius 3 is 2.68 bits per heavy atom. The zero-order valence-corrected chi connectivity index (χ0v) is 16.3. The number of carbonyl (C=O) groups is 2. The van der Waals surface area contributed by atoms with Gasteiger partial charge in [-0.2, -0.15) is 0 Å². The van der Waals surface area contributed by atoms with E-state index in [1.54, 1.807) is 25.4 Å². The maximum atomic E-state index is 12.6. The van der Waals surface area contributed by atoms with Crippen molar-refractivity contribution >= 4 is 11.8 Å². The van der Waals surface area contributed by atoms with Crippen LogP contribution >= 0.6 is 0 Å². The van der Waals surface area contributed by atoms with Gasteiger partial charge in [-0.25, -0.2) is 4.98 Å². The number of nitrogens with one attached hydrogen (secondary N) is 2. The van der Waals surface area contributed by atoms with E-state index in [-0.39, 0.29) is 29.9 Å². The van der Waals surface area contributed by atoms with Crippen LogP contribution in [0.15, 0.2) is 41.3 Å². The minimum absolute atomic E-state index is 0.0640. The minimum Gasteiger partial charge on any atom is -0.444 e. The van der Waals surface area contributed by atoms with Crippen LogP contribution in [0.3, 0.4) is 0 Å². The molecule has 2 N–H and O–H groups in total. The lowest BCUT2D eigenvalue weighted by Crippen LogP contribution is -2.49. The molecule has 150 valence electrons. The summed E-state index contributed by atoms with van der Waals surface area (Å²) in [5, 5.41) is 6.01. The first kappa shape index (κ1) is 20.1. The first-order valence-electron chi connectivity index (χ1n) is 9.72. The van der Waals surface area contributed by atoms with Gasteiger partial charge in [-0.15, -0.1) is 0 Å². The molecule has 1 aromatic carbocycles. The maximum Gasteiger partial charge on any atom is 0.251 e. The maximum absolute atomic E-state index is 12.6. The van der Waals surface area contributed by atoms with Gasteiger partial charge in [0.05, 0.1) is 18.3 Å². The Bertz CT molecular complexity index is 773. The molecular weight excluding hydrogens is 358 g/mol. The molecule has 1 aromatic heterocycles. The quantitative estimate of drug-likeness (QED) is 0.764. The van der Waals surface area contributed by atoms with Gasteiger partial charge < -0.3 is 19.8 Å². The van der Waals surface area contributed by atoms with Crippen LogP contribution in [-0.2, 0) is 9.53 Å². The summed E-state index contributed by atoms with van der Waals surface area (Å²) >= 11 is 0. The number of hydrogen-bond donors (Lipinski definition) is 2. The molecule has 3 rings (SSSR count). The first-order chi connectivity index (χ1) is 13.6. The zero-order valence-electron chi connectivity index (χ0n) is 16.3. The summed E-state index contributed by atoms with van der Waals surface area (Å²) < 4.78 is 10.8. The molecule has 7 nitrogen and oxygen atoms in total. The van der Waals surface area contributed by atoms with Gasteiger partial charge in [-0.05, 0) is 37.8 Å². The van der Waals surface area contributed by atoms with Gasteiger partial charge in [0.25, 0.3) is 5.91 Å². The highest BCUT2D eigenvalue weighted by Gasteiger charge is 2.34. The van der Waals surface area contributed by atoms with Crippen molar-refractivity contribution in [3.05, 3.63) is 42.4 Å². The van der Waals surface area contributed by atoms with E-state index in [9.17, 15) is 9.59 Å². The fourth-order valence-corrected chi connectivity index (χ4v) is 3.58. The summed E-state index contributed by atoms with van der Waals surface area (Å²) in [6, 6.07) is 7.08. The highest BCUT2D eigenvalue weighted by molar-refractivity contribution is 5.94. The second-order valence-electron chi connectivity index (χ2n) is 7.10. The molecule has 2 aromatic rings. The summed E-state index contributed by atoms with van der Waals surface area (Å²) in [6.07, 6.45) is 5.81. The summed E-state index contributed by atoms with van der Waals surface area (Å²) in [4.78, 5) is 28.8. The van der Waals surface area contributed by atoms with Gasteiger partial charge in [0.15, 0.2) is 12.2 Å². The van der Waals surface area contributed by atoms with Crippen LogP contribution in [0.1, 0.15) is 43.0 Å². The van der Waals surface area contributed by atoms with Crippen LogP contribution in [0, 0.1) is 5.92 Å². The molecule has 1 fully saturated rings. The second-order valence-corrected chi connectivity index (χ2v) is 7.10. The zero-order chi connectivity index (χ0) is 19.9. The Morgan fingerprint density at radius 2 is 2.04 bits per heavy atom. The normalized spacial score (nSPS) is 21.9. The number of rotatable bonds is 7. The predicted octanol–water partition coefficient (Wildman–Crippen LogP) is 2.78. The number of ether oxygens (including phenoxy) is 1. The average molecular weight is 385 g/mol. The number of benzene rings is 1. The molecule has 1 aliphatic carbocycles. The van der Waals surface area contributed by atoms with Crippen LogP contribution in [-0.4, -0.2) is 42.6 Å². The Balaban J connectivity index is 1.58. The molecule has 3 atom stereocenters. The standard InChI is InChI=1S/C21H27N3O4/c1-3-10-23-20(25)16-8-9-17(18(11-16)27-2)24-21(26)15-6-4-14(5-7-15)19-12-22-13-28-19/h4-7,12-13,16-18H,3,8-11H2,1-2H3,(H,23,25)(H,24,26)/t16-,17+,18+/m0/s1. The number of methoxy groups -OCH3 is 1. The third-order valence-electron chi connectivity index (χ3n) is 5.19. The predicted molar refractivity (Wildman–Crippen MR) is 105 cm³/mol. The van der Waals surface area contributed by atoms with Crippen LogP contribution in [0.2, 0.25) is 0 Å². The molecule has 1 aliphatic rings. The Labute approximate surface area is 164 Å². The summed E-state index contributed by atoms with van der Waals surface area (Å²) in [5.41, 5.74) is 1.43. The summed E-state index contributed by atoms with van der Waals surface area (Å²) in [6.45, 7) is 2.72. The van der Waals surface area contributed by atoms with E-state index in [0.29, 0.717) is 30.7 Å². The molecule has 0 spiro atoms. The largest absolute Gasteiger partial charge is 0.444 e. The third kappa shape index (κ3) is 4.78. The van der Waals surface area contributed by atoms with Crippen molar-refractivity contribution in [2.45, 2.75) is 44.8 Å². The topological polar surface area (TPSA) is 93.5 Å². The van der Waals surface area contributed by atoms with Crippen molar-refractivity contribution in [2.75, 3.05) is 13.7 Å². The number of hydrogen-bond acceptors (Lipinski definition) is 5. The highest BCUT2D eigenvalue weighted by atomic mass is 16.5. The van der Waals surface area contributed by atoms with Gasteiger partial charge in [-0.1, -0.05) is 19.1 Å². The second kappa shape index (κ2) is 9.50. The van der Waals surface area contributed by atoms with E-state index in [1.807, 2.05) is 19.1 Å².